The van der Waals surface area contributed by atoms with Gasteiger partial charge in [0.2, 0.25) is 5.95 Å². The van der Waals surface area contributed by atoms with Crippen LogP contribution >= 0.6 is 11.8 Å². The van der Waals surface area contributed by atoms with Crippen molar-refractivity contribution in [3.05, 3.63) is 46.5 Å². The summed E-state index contributed by atoms with van der Waals surface area (Å²) in [7, 11) is 3.90. The molecule has 3 heterocycles. The van der Waals surface area contributed by atoms with Crippen LogP contribution in [0.15, 0.2) is 40.4 Å². The topological polar surface area (TPSA) is 68.3 Å². The standard InChI is InChI=1S/C16H20N6OS/c1-11(2)22-15(20(3)4)18-19-16(22)24-10-12-9-14(23)21-8-6-5-7-13(21)17-12/h5-9,11H,10H2,1-4H3. The highest BCUT2D eigenvalue weighted by Gasteiger charge is 2.17. The average molecular weight is 344 g/mol. The molecular formula is C16H20N6OS. The zero-order chi connectivity index (χ0) is 17.3. The fourth-order valence-corrected chi connectivity index (χ4v) is 3.39. The van der Waals surface area contributed by atoms with E-state index >= 15 is 0 Å². The average Bonchev–Trinajstić information content (AvgIpc) is 2.97. The summed E-state index contributed by atoms with van der Waals surface area (Å²) in [5, 5.41) is 9.35. The second-order valence-electron chi connectivity index (χ2n) is 5.94. The van der Waals surface area contributed by atoms with Gasteiger partial charge >= 0.3 is 0 Å². The Kier molecular flexibility index (Phi) is 4.57. The van der Waals surface area contributed by atoms with Crippen LogP contribution in [0, 0.1) is 0 Å². The summed E-state index contributed by atoms with van der Waals surface area (Å²) >= 11 is 1.54. The molecule has 0 radical (unpaired) electrons. The van der Waals surface area contributed by atoms with E-state index in [0.717, 1.165) is 16.8 Å². The summed E-state index contributed by atoms with van der Waals surface area (Å²) < 4.78 is 3.62. The Morgan fingerprint density at radius 2 is 2.04 bits per heavy atom. The molecule has 0 N–H and O–H groups in total. The third kappa shape index (κ3) is 3.14. The molecule has 0 atom stereocenters. The molecule has 126 valence electrons. The Hall–Kier alpha value is -2.35. The van der Waals surface area contributed by atoms with E-state index in [9.17, 15) is 4.79 Å². The highest BCUT2D eigenvalue weighted by molar-refractivity contribution is 7.98. The molecule has 24 heavy (non-hydrogen) atoms. The summed E-state index contributed by atoms with van der Waals surface area (Å²) in [4.78, 5) is 18.6. The van der Waals surface area contributed by atoms with Crippen LogP contribution in [0.1, 0.15) is 25.6 Å². The van der Waals surface area contributed by atoms with E-state index in [1.54, 1.807) is 12.3 Å². The van der Waals surface area contributed by atoms with Crippen molar-refractivity contribution in [1.29, 1.82) is 0 Å². The minimum Gasteiger partial charge on any atom is -0.347 e. The molecule has 0 spiro atoms. The molecule has 0 fully saturated rings. The Balaban J connectivity index is 1.88. The summed E-state index contributed by atoms with van der Waals surface area (Å²) in [6, 6.07) is 7.34. The number of aromatic nitrogens is 5. The summed E-state index contributed by atoms with van der Waals surface area (Å²) in [6.07, 6.45) is 1.72. The number of pyridine rings is 1. The molecule has 3 aromatic rings. The fraction of sp³-hybridized carbons (Fsp3) is 0.375. The largest absolute Gasteiger partial charge is 0.347 e. The van der Waals surface area contributed by atoms with Gasteiger partial charge in [-0.15, -0.1) is 10.2 Å². The summed E-state index contributed by atoms with van der Waals surface area (Å²) in [5.74, 6) is 1.39. The summed E-state index contributed by atoms with van der Waals surface area (Å²) in [6.45, 7) is 4.20. The highest BCUT2D eigenvalue weighted by Crippen LogP contribution is 2.27. The van der Waals surface area contributed by atoms with E-state index in [0.29, 0.717) is 11.4 Å². The Bertz CT molecular complexity index is 914. The lowest BCUT2D eigenvalue weighted by molar-refractivity contribution is 0.549. The van der Waals surface area contributed by atoms with Crippen molar-refractivity contribution in [2.24, 2.45) is 0 Å². The number of hydrogen-bond acceptors (Lipinski definition) is 6. The predicted octanol–water partition coefficient (Wildman–Crippen LogP) is 2.23. The van der Waals surface area contributed by atoms with Crippen LogP contribution in [0.3, 0.4) is 0 Å². The van der Waals surface area contributed by atoms with Crippen molar-refractivity contribution >= 4 is 23.4 Å². The van der Waals surface area contributed by atoms with Gasteiger partial charge in [-0.25, -0.2) is 4.98 Å². The molecule has 0 saturated heterocycles. The van der Waals surface area contributed by atoms with E-state index in [1.807, 2.05) is 37.2 Å². The molecular weight excluding hydrogens is 324 g/mol. The Labute approximate surface area is 144 Å². The number of thioether (sulfide) groups is 1. The van der Waals surface area contributed by atoms with Crippen LogP contribution in [0.5, 0.6) is 0 Å². The maximum atomic E-state index is 12.2. The molecule has 8 heteroatoms. The maximum Gasteiger partial charge on any atom is 0.258 e. The zero-order valence-corrected chi connectivity index (χ0v) is 15.0. The first kappa shape index (κ1) is 16.5. The van der Waals surface area contributed by atoms with Crippen molar-refractivity contribution < 1.29 is 0 Å². The fourth-order valence-electron chi connectivity index (χ4n) is 2.44. The van der Waals surface area contributed by atoms with Crippen LogP contribution in [-0.4, -0.2) is 38.2 Å². The lowest BCUT2D eigenvalue weighted by Crippen LogP contribution is -2.17. The van der Waals surface area contributed by atoms with Crippen LogP contribution in [-0.2, 0) is 5.75 Å². The van der Waals surface area contributed by atoms with Crippen molar-refractivity contribution in [2.75, 3.05) is 19.0 Å². The molecule has 0 aromatic carbocycles. The predicted molar refractivity (Wildman–Crippen MR) is 95.8 cm³/mol. The number of rotatable bonds is 5. The molecule has 3 rings (SSSR count). The molecule has 0 amide bonds. The smallest absolute Gasteiger partial charge is 0.258 e. The summed E-state index contributed by atoms with van der Waals surface area (Å²) in [5.41, 5.74) is 1.32. The van der Waals surface area contributed by atoms with Gasteiger partial charge in [0.25, 0.3) is 5.56 Å². The third-order valence-corrected chi connectivity index (χ3v) is 4.51. The SMILES string of the molecule is CC(C)n1c(SCc2cc(=O)n3ccccc3n2)nnc1N(C)C. The molecule has 7 nitrogen and oxygen atoms in total. The lowest BCUT2D eigenvalue weighted by atomic mass is 10.4. The second-order valence-corrected chi connectivity index (χ2v) is 6.89. The normalized spacial score (nSPS) is 11.4. The first-order valence-electron chi connectivity index (χ1n) is 7.69. The van der Waals surface area contributed by atoms with Crippen LogP contribution in [0.2, 0.25) is 0 Å². The Morgan fingerprint density at radius 3 is 2.75 bits per heavy atom. The van der Waals surface area contributed by atoms with Gasteiger partial charge in [0, 0.05) is 38.2 Å². The molecule has 0 aliphatic carbocycles. The minimum atomic E-state index is -0.0736. The van der Waals surface area contributed by atoms with E-state index in [2.05, 4.69) is 33.6 Å². The van der Waals surface area contributed by atoms with Crippen molar-refractivity contribution in [2.45, 2.75) is 30.8 Å². The second kappa shape index (κ2) is 6.64. The van der Waals surface area contributed by atoms with Crippen LogP contribution in [0.25, 0.3) is 5.65 Å². The van der Waals surface area contributed by atoms with Gasteiger partial charge in [-0.05, 0) is 26.0 Å². The third-order valence-electron chi connectivity index (χ3n) is 3.54. The zero-order valence-electron chi connectivity index (χ0n) is 14.2. The maximum absolute atomic E-state index is 12.2. The van der Waals surface area contributed by atoms with E-state index in [4.69, 9.17) is 0 Å². The van der Waals surface area contributed by atoms with E-state index < -0.39 is 0 Å². The molecule has 0 aliphatic rings. The van der Waals surface area contributed by atoms with Crippen LogP contribution in [0.4, 0.5) is 5.95 Å². The van der Waals surface area contributed by atoms with E-state index in [-0.39, 0.29) is 11.6 Å². The lowest BCUT2D eigenvalue weighted by Gasteiger charge is -2.17. The minimum absolute atomic E-state index is 0.0736. The van der Waals surface area contributed by atoms with Gasteiger partial charge < -0.3 is 4.90 Å². The van der Waals surface area contributed by atoms with Gasteiger partial charge in [0.05, 0.1) is 5.69 Å². The highest BCUT2D eigenvalue weighted by atomic mass is 32.2. The monoisotopic (exact) mass is 344 g/mol. The number of fused-ring (bicyclic) bond motifs is 1. The van der Waals surface area contributed by atoms with Gasteiger partial charge in [-0.2, -0.15) is 0 Å². The van der Waals surface area contributed by atoms with Gasteiger partial charge in [-0.3, -0.25) is 13.8 Å². The Morgan fingerprint density at radius 1 is 1.25 bits per heavy atom. The number of hydrogen-bond donors (Lipinski definition) is 0. The first-order valence-corrected chi connectivity index (χ1v) is 8.68. The first-order chi connectivity index (χ1) is 11.5. The van der Waals surface area contributed by atoms with Gasteiger partial charge in [0.15, 0.2) is 5.16 Å². The molecule has 0 bridgehead atoms. The molecule has 0 aliphatic heterocycles. The molecule has 0 unspecified atom stereocenters. The molecule has 3 aromatic heterocycles. The van der Waals surface area contributed by atoms with Gasteiger partial charge in [0.1, 0.15) is 5.65 Å². The number of anilines is 1. The molecule has 0 saturated carbocycles. The van der Waals surface area contributed by atoms with Crippen molar-refractivity contribution in [1.82, 2.24) is 24.1 Å². The van der Waals surface area contributed by atoms with Crippen LogP contribution < -0.4 is 10.5 Å². The van der Waals surface area contributed by atoms with Crippen molar-refractivity contribution in [3.63, 3.8) is 0 Å². The van der Waals surface area contributed by atoms with Crippen molar-refractivity contribution in [3.8, 4) is 0 Å². The quantitative estimate of drug-likeness (QED) is 0.661. The van der Waals surface area contributed by atoms with E-state index in [1.165, 1.54) is 16.2 Å². The number of nitrogens with zero attached hydrogens (tertiary/aromatic N) is 6. The van der Waals surface area contributed by atoms with Gasteiger partial charge in [-0.1, -0.05) is 17.8 Å².